The number of aryl methyl sites for hydroxylation is 1. The van der Waals surface area contributed by atoms with Crippen LogP contribution in [-0.2, 0) is 6.54 Å². The van der Waals surface area contributed by atoms with Crippen molar-refractivity contribution in [2.24, 2.45) is 0 Å². The van der Waals surface area contributed by atoms with Gasteiger partial charge in [0.1, 0.15) is 5.82 Å². The summed E-state index contributed by atoms with van der Waals surface area (Å²) >= 11 is 0. The van der Waals surface area contributed by atoms with Crippen LogP contribution < -0.4 is 5.56 Å². The zero-order valence-electron chi connectivity index (χ0n) is 11.5. The molecule has 4 nitrogen and oxygen atoms in total. The molecule has 0 radical (unpaired) electrons. The Hall–Kier alpha value is -2.69. The van der Waals surface area contributed by atoms with Crippen LogP contribution in [0.4, 0.5) is 4.39 Å². The van der Waals surface area contributed by atoms with E-state index in [2.05, 4.69) is 5.10 Å². The normalized spacial score (nSPS) is 10.8. The summed E-state index contributed by atoms with van der Waals surface area (Å²) in [5.74, 6) is -0.306. The van der Waals surface area contributed by atoms with E-state index in [-0.39, 0.29) is 11.4 Å². The molecule has 0 spiro atoms. The number of aromatic nitrogens is 3. The number of nitrogens with zero attached hydrogens (tertiary/aromatic N) is 3. The van der Waals surface area contributed by atoms with Crippen molar-refractivity contribution < 1.29 is 4.39 Å². The molecule has 0 saturated heterocycles. The Morgan fingerprint density at radius 1 is 1.14 bits per heavy atom. The van der Waals surface area contributed by atoms with Gasteiger partial charge in [0.15, 0.2) is 0 Å². The van der Waals surface area contributed by atoms with Gasteiger partial charge in [0.2, 0.25) is 0 Å². The zero-order chi connectivity index (χ0) is 14.8. The first kappa shape index (κ1) is 13.3. The minimum atomic E-state index is -0.306. The first-order chi connectivity index (χ1) is 10.1. The standard InChI is InChI=1S/C16H14FN3O/c1-12-5-7-19(16(21)9-12)11-14-6-8-20(18-14)15-4-2-3-13(17)10-15/h2-10H,11H2,1H3. The minimum Gasteiger partial charge on any atom is -0.309 e. The third-order valence-corrected chi connectivity index (χ3v) is 3.20. The molecule has 3 rings (SSSR count). The molecule has 0 aliphatic carbocycles. The van der Waals surface area contributed by atoms with Gasteiger partial charge >= 0.3 is 0 Å². The van der Waals surface area contributed by atoms with E-state index in [1.54, 1.807) is 39.8 Å². The summed E-state index contributed by atoms with van der Waals surface area (Å²) in [4.78, 5) is 11.8. The summed E-state index contributed by atoms with van der Waals surface area (Å²) < 4.78 is 16.4. The highest BCUT2D eigenvalue weighted by molar-refractivity contribution is 5.31. The van der Waals surface area contributed by atoms with Crippen LogP contribution in [0.2, 0.25) is 0 Å². The van der Waals surface area contributed by atoms with E-state index in [4.69, 9.17) is 0 Å². The van der Waals surface area contributed by atoms with Crippen LogP contribution in [-0.4, -0.2) is 14.3 Å². The maximum atomic E-state index is 13.2. The molecule has 0 aliphatic rings. The fraction of sp³-hybridized carbons (Fsp3) is 0.125. The van der Waals surface area contributed by atoms with Gasteiger partial charge in [-0.1, -0.05) is 6.07 Å². The lowest BCUT2D eigenvalue weighted by atomic mass is 10.3. The molecule has 2 aromatic heterocycles. The van der Waals surface area contributed by atoms with Crippen LogP contribution in [0.1, 0.15) is 11.3 Å². The summed E-state index contributed by atoms with van der Waals surface area (Å²) in [5, 5.41) is 4.37. The van der Waals surface area contributed by atoms with E-state index in [9.17, 15) is 9.18 Å². The van der Waals surface area contributed by atoms with Gasteiger partial charge in [0.05, 0.1) is 17.9 Å². The van der Waals surface area contributed by atoms with Crippen LogP contribution in [0.25, 0.3) is 5.69 Å². The van der Waals surface area contributed by atoms with E-state index in [0.717, 1.165) is 11.3 Å². The van der Waals surface area contributed by atoms with E-state index in [0.29, 0.717) is 12.2 Å². The van der Waals surface area contributed by atoms with E-state index >= 15 is 0 Å². The van der Waals surface area contributed by atoms with Crippen molar-refractivity contribution in [3.63, 3.8) is 0 Å². The quantitative estimate of drug-likeness (QED) is 0.741. The Labute approximate surface area is 121 Å². The first-order valence-corrected chi connectivity index (χ1v) is 6.59. The van der Waals surface area contributed by atoms with Gasteiger partial charge in [0.25, 0.3) is 5.56 Å². The molecule has 1 aromatic carbocycles. The van der Waals surface area contributed by atoms with Gasteiger partial charge < -0.3 is 4.57 Å². The molecule has 0 saturated carbocycles. The molecular weight excluding hydrogens is 269 g/mol. The van der Waals surface area contributed by atoms with Crippen molar-refractivity contribution >= 4 is 0 Å². The average molecular weight is 283 g/mol. The molecular formula is C16H14FN3O. The maximum absolute atomic E-state index is 13.2. The number of rotatable bonds is 3. The molecule has 5 heteroatoms. The van der Waals surface area contributed by atoms with Crippen LogP contribution >= 0.6 is 0 Å². The lowest BCUT2D eigenvalue weighted by Gasteiger charge is -2.04. The van der Waals surface area contributed by atoms with Gasteiger partial charge in [-0.15, -0.1) is 0 Å². The van der Waals surface area contributed by atoms with E-state index in [1.165, 1.54) is 12.1 Å². The van der Waals surface area contributed by atoms with Crippen molar-refractivity contribution in [2.75, 3.05) is 0 Å². The van der Waals surface area contributed by atoms with E-state index in [1.807, 2.05) is 19.1 Å². The zero-order valence-corrected chi connectivity index (χ0v) is 11.5. The van der Waals surface area contributed by atoms with Gasteiger partial charge in [-0.05, 0) is 42.8 Å². The highest BCUT2D eigenvalue weighted by atomic mass is 19.1. The average Bonchev–Trinajstić information content (AvgIpc) is 2.91. The Balaban J connectivity index is 1.87. The van der Waals surface area contributed by atoms with Gasteiger partial charge in [-0.2, -0.15) is 5.10 Å². The predicted octanol–water partition coefficient (Wildman–Crippen LogP) is 2.53. The molecule has 106 valence electrons. The molecule has 0 atom stereocenters. The second-order valence-electron chi connectivity index (χ2n) is 4.90. The number of hydrogen-bond donors (Lipinski definition) is 0. The smallest absolute Gasteiger partial charge is 0.251 e. The lowest BCUT2D eigenvalue weighted by molar-refractivity contribution is 0.625. The second-order valence-corrected chi connectivity index (χ2v) is 4.90. The van der Waals surface area contributed by atoms with Crippen LogP contribution in [0.3, 0.4) is 0 Å². The number of pyridine rings is 1. The molecule has 0 fully saturated rings. The summed E-state index contributed by atoms with van der Waals surface area (Å²) in [6.45, 7) is 2.27. The summed E-state index contributed by atoms with van der Waals surface area (Å²) in [5.41, 5.74) is 2.26. The minimum absolute atomic E-state index is 0.0599. The first-order valence-electron chi connectivity index (χ1n) is 6.59. The van der Waals surface area contributed by atoms with Crippen LogP contribution in [0, 0.1) is 12.7 Å². The molecule has 0 N–H and O–H groups in total. The fourth-order valence-corrected chi connectivity index (χ4v) is 2.12. The Bertz CT molecular complexity index is 835. The van der Waals surface area contributed by atoms with Crippen molar-refractivity contribution in [2.45, 2.75) is 13.5 Å². The summed E-state index contributed by atoms with van der Waals surface area (Å²) in [7, 11) is 0. The van der Waals surface area contributed by atoms with E-state index < -0.39 is 0 Å². The SMILES string of the molecule is Cc1ccn(Cc2ccn(-c3cccc(F)c3)n2)c(=O)c1. The molecule has 2 heterocycles. The Kier molecular flexibility index (Phi) is 3.39. The van der Waals surface area contributed by atoms with Crippen LogP contribution in [0.5, 0.6) is 0 Å². The molecule has 0 bridgehead atoms. The summed E-state index contributed by atoms with van der Waals surface area (Å²) in [6.07, 6.45) is 3.50. The van der Waals surface area contributed by atoms with Gasteiger partial charge in [-0.3, -0.25) is 4.79 Å². The maximum Gasteiger partial charge on any atom is 0.251 e. The fourth-order valence-electron chi connectivity index (χ4n) is 2.12. The molecule has 21 heavy (non-hydrogen) atoms. The number of halogens is 1. The second kappa shape index (κ2) is 5.36. The number of hydrogen-bond acceptors (Lipinski definition) is 2. The molecule has 0 amide bonds. The highest BCUT2D eigenvalue weighted by Crippen LogP contribution is 2.10. The third kappa shape index (κ3) is 2.91. The van der Waals surface area contributed by atoms with Crippen molar-refractivity contribution in [1.82, 2.24) is 14.3 Å². The van der Waals surface area contributed by atoms with Crippen molar-refractivity contribution in [3.8, 4) is 5.69 Å². The molecule has 0 unspecified atom stereocenters. The third-order valence-electron chi connectivity index (χ3n) is 3.20. The van der Waals surface area contributed by atoms with Crippen molar-refractivity contribution in [3.05, 3.63) is 82.3 Å². The highest BCUT2D eigenvalue weighted by Gasteiger charge is 2.04. The monoisotopic (exact) mass is 283 g/mol. The lowest BCUT2D eigenvalue weighted by Crippen LogP contribution is -2.19. The number of benzene rings is 1. The Morgan fingerprint density at radius 3 is 2.76 bits per heavy atom. The van der Waals surface area contributed by atoms with Gasteiger partial charge in [0, 0.05) is 18.5 Å². The molecule has 3 aromatic rings. The van der Waals surface area contributed by atoms with Gasteiger partial charge in [-0.25, -0.2) is 9.07 Å². The summed E-state index contributed by atoms with van der Waals surface area (Å²) in [6, 6.07) is 11.5. The predicted molar refractivity (Wildman–Crippen MR) is 78.1 cm³/mol. The van der Waals surface area contributed by atoms with Crippen molar-refractivity contribution in [1.29, 1.82) is 0 Å². The molecule has 0 aliphatic heterocycles. The topological polar surface area (TPSA) is 39.8 Å². The van der Waals surface area contributed by atoms with Crippen LogP contribution in [0.15, 0.2) is 59.7 Å². The largest absolute Gasteiger partial charge is 0.309 e. The Morgan fingerprint density at radius 2 is 2.00 bits per heavy atom.